The van der Waals surface area contributed by atoms with Gasteiger partial charge in [0, 0.05) is 19.2 Å². The van der Waals surface area contributed by atoms with Crippen LogP contribution in [0.25, 0.3) is 0 Å². The third-order valence-electron chi connectivity index (χ3n) is 5.50. The van der Waals surface area contributed by atoms with Crippen LogP contribution in [0.2, 0.25) is 0 Å². The number of carbonyl (C=O) groups excluding carboxylic acids is 1. The molecule has 1 saturated heterocycles. The number of carboxylic acid groups (broad SMARTS) is 1. The molecular formula is C20H28N2O4. The van der Waals surface area contributed by atoms with Gasteiger partial charge in [0.2, 0.25) is 0 Å². The zero-order valence-electron chi connectivity index (χ0n) is 15.1. The SMILES string of the molecule is O=C(O)C1CCC(NC(=O)N(CCc2ccccc2)C2CCOC2)CC1. The lowest BCUT2D eigenvalue weighted by Gasteiger charge is -2.32. The van der Waals surface area contributed by atoms with E-state index in [-0.39, 0.29) is 24.0 Å². The molecule has 1 aromatic carbocycles. The van der Waals surface area contributed by atoms with E-state index in [4.69, 9.17) is 9.84 Å². The molecule has 1 unspecified atom stereocenters. The van der Waals surface area contributed by atoms with Crippen LogP contribution in [0.5, 0.6) is 0 Å². The molecule has 1 heterocycles. The number of hydrogen-bond acceptors (Lipinski definition) is 3. The third-order valence-corrected chi connectivity index (χ3v) is 5.50. The summed E-state index contributed by atoms with van der Waals surface area (Å²) in [5.74, 6) is -0.983. The first-order valence-corrected chi connectivity index (χ1v) is 9.55. The molecule has 2 amide bonds. The minimum absolute atomic E-state index is 0.0461. The highest BCUT2D eigenvalue weighted by atomic mass is 16.5. The Bertz CT molecular complexity index is 593. The van der Waals surface area contributed by atoms with Crippen LogP contribution in [0.1, 0.15) is 37.7 Å². The van der Waals surface area contributed by atoms with Crippen molar-refractivity contribution >= 4 is 12.0 Å². The van der Waals surface area contributed by atoms with E-state index >= 15 is 0 Å². The van der Waals surface area contributed by atoms with Crippen LogP contribution in [0, 0.1) is 5.92 Å². The first kappa shape index (κ1) is 18.7. The molecule has 26 heavy (non-hydrogen) atoms. The fraction of sp³-hybridized carbons (Fsp3) is 0.600. The van der Waals surface area contributed by atoms with E-state index in [1.807, 2.05) is 23.1 Å². The maximum absolute atomic E-state index is 12.9. The number of rotatable bonds is 6. The molecule has 3 rings (SSSR count). The van der Waals surface area contributed by atoms with Gasteiger partial charge in [-0.1, -0.05) is 30.3 Å². The lowest BCUT2D eigenvalue weighted by atomic mass is 9.86. The van der Waals surface area contributed by atoms with Crippen LogP contribution in [-0.2, 0) is 16.0 Å². The highest BCUT2D eigenvalue weighted by Gasteiger charge is 2.31. The van der Waals surface area contributed by atoms with Crippen molar-refractivity contribution in [3.8, 4) is 0 Å². The lowest BCUT2D eigenvalue weighted by molar-refractivity contribution is -0.142. The van der Waals surface area contributed by atoms with E-state index in [0.29, 0.717) is 32.6 Å². The molecule has 2 aliphatic rings. The second-order valence-electron chi connectivity index (χ2n) is 7.28. The summed E-state index contributed by atoms with van der Waals surface area (Å²) in [6.07, 6.45) is 4.42. The number of aliphatic carboxylic acids is 1. The summed E-state index contributed by atoms with van der Waals surface area (Å²) in [7, 11) is 0. The van der Waals surface area contributed by atoms with E-state index in [9.17, 15) is 9.59 Å². The average molecular weight is 360 g/mol. The summed E-state index contributed by atoms with van der Waals surface area (Å²) in [6.45, 7) is 1.95. The van der Waals surface area contributed by atoms with Crippen LogP contribution in [0.15, 0.2) is 30.3 Å². The maximum atomic E-state index is 12.9. The van der Waals surface area contributed by atoms with Gasteiger partial charge in [0.05, 0.1) is 18.6 Å². The summed E-state index contributed by atoms with van der Waals surface area (Å²) in [6, 6.07) is 10.3. The Hall–Kier alpha value is -2.08. The number of nitrogens with one attached hydrogen (secondary N) is 1. The number of hydrogen-bond donors (Lipinski definition) is 2. The van der Waals surface area contributed by atoms with Gasteiger partial charge in [0.1, 0.15) is 0 Å². The van der Waals surface area contributed by atoms with E-state index in [2.05, 4.69) is 17.4 Å². The monoisotopic (exact) mass is 360 g/mol. The van der Waals surface area contributed by atoms with E-state index in [1.54, 1.807) is 0 Å². The zero-order chi connectivity index (χ0) is 18.4. The number of ether oxygens (including phenoxy) is 1. The summed E-state index contributed by atoms with van der Waals surface area (Å²) in [5, 5.41) is 12.2. The Morgan fingerprint density at radius 2 is 1.85 bits per heavy atom. The molecule has 0 radical (unpaired) electrons. The summed E-state index contributed by atoms with van der Waals surface area (Å²) in [5.41, 5.74) is 1.21. The Kier molecular flexibility index (Phi) is 6.50. The van der Waals surface area contributed by atoms with Gasteiger partial charge >= 0.3 is 12.0 Å². The highest BCUT2D eigenvalue weighted by molar-refractivity contribution is 5.75. The van der Waals surface area contributed by atoms with Crippen molar-refractivity contribution in [3.63, 3.8) is 0 Å². The summed E-state index contributed by atoms with van der Waals surface area (Å²) < 4.78 is 5.48. The molecule has 2 N–H and O–H groups in total. The molecular weight excluding hydrogens is 332 g/mol. The van der Waals surface area contributed by atoms with Crippen LogP contribution in [0.3, 0.4) is 0 Å². The largest absolute Gasteiger partial charge is 0.481 e. The third kappa shape index (κ3) is 4.97. The van der Waals surface area contributed by atoms with Crippen molar-refractivity contribution in [1.29, 1.82) is 0 Å². The zero-order valence-corrected chi connectivity index (χ0v) is 15.1. The Balaban J connectivity index is 1.55. The normalized spacial score (nSPS) is 25.6. The molecule has 0 bridgehead atoms. The molecule has 6 nitrogen and oxygen atoms in total. The van der Waals surface area contributed by atoms with Gasteiger partial charge in [-0.3, -0.25) is 4.79 Å². The molecule has 0 spiro atoms. The molecule has 6 heteroatoms. The van der Waals surface area contributed by atoms with E-state index < -0.39 is 5.97 Å². The Morgan fingerprint density at radius 1 is 1.12 bits per heavy atom. The molecule has 2 fully saturated rings. The van der Waals surface area contributed by atoms with Crippen molar-refractivity contribution in [3.05, 3.63) is 35.9 Å². The van der Waals surface area contributed by atoms with Crippen molar-refractivity contribution in [2.45, 2.75) is 50.6 Å². The van der Waals surface area contributed by atoms with E-state index in [1.165, 1.54) is 5.56 Å². The minimum atomic E-state index is -0.720. The van der Waals surface area contributed by atoms with Gasteiger partial charge in [-0.25, -0.2) is 4.79 Å². The quantitative estimate of drug-likeness (QED) is 0.817. The molecule has 1 atom stereocenters. The Morgan fingerprint density at radius 3 is 2.46 bits per heavy atom. The van der Waals surface area contributed by atoms with Crippen molar-refractivity contribution in [2.24, 2.45) is 5.92 Å². The van der Waals surface area contributed by atoms with E-state index in [0.717, 1.165) is 25.7 Å². The highest BCUT2D eigenvalue weighted by Crippen LogP contribution is 2.25. The number of benzene rings is 1. The van der Waals surface area contributed by atoms with Gasteiger partial charge in [0.15, 0.2) is 0 Å². The van der Waals surface area contributed by atoms with Gasteiger partial charge in [-0.2, -0.15) is 0 Å². The van der Waals surface area contributed by atoms with Crippen LogP contribution in [0.4, 0.5) is 4.79 Å². The Labute approximate surface area is 154 Å². The summed E-state index contributed by atoms with van der Waals surface area (Å²) >= 11 is 0. The van der Waals surface area contributed by atoms with Gasteiger partial charge in [0.25, 0.3) is 0 Å². The second-order valence-corrected chi connectivity index (χ2v) is 7.28. The topological polar surface area (TPSA) is 78.9 Å². The number of carbonyl (C=O) groups is 2. The molecule has 1 saturated carbocycles. The van der Waals surface area contributed by atoms with Crippen LogP contribution < -0.4 is 5.32 Å². The van der Waals surface area contributed by atoms with Crippen LogP contribution >= 0.6 is 0 Å². The first-order chi connectivity index (χ1) is 12.6. The van der Waals surface area contributed by atoms with Crippen molar-refractivity contribution < 1.29 is 19.4 Å². The van der Waals surface area contributed by atoms with Crippen molar-refractivity contribution in [1.82, 2.24) is 10.2 Å². The van der Waals surface area contributed by atoms with Crippen molar-refractivity contribution in [2.75, 3.05) is 19.8 Å². The summed E-state index contributed by atoms with van der Waals surface area (Å²) in [4.78, 5) is 25.9. The predicted octanol–water partition coefficient (Wildman–Crippen LogP) is 2.67. The van der Waals surface area contributed by atoms with Gasteiger partial charge in [-0.05, 0) is 44.1 Å². The predicted molar refractivity (Wildman–Crippen MR) is 98.0 cm³/mol. The molecule has 0 aromatic heterocycles. The number of carboxylic acids is 1. The molecule has 1 aliphatic heterocycles. The molecule has 142 valence electrons. The lowest BCUT2D eigenvalue weighted by Crippen LogP contribution is -2.51. The average Bonchev–Trinajstić information content (AvgIpc) is 3.17. The van der Waals surface area contributed by atoms with Gasteiger partial charge in [-0.15, -0.1) is 0 Å². The fourth-order valence-electron chi connectivity index (χ4n) is 3.85. The smallest absolute Gasteiger partial charge is 0.317 e. The number of amides is 2. The maximum Gasteiger partial charge on any atom is 0.317 e. The standard InChI is InChI=1S/C20H28N2O4/c23-19(24)16-6-8-17(9-7-16)21-20(25)22(18-11-13-26-14-18)12-10-15-4-2-1-3-5-15/h1-5,16-18H,6-14H2,(H,21,25)(H,23,24). The fourth-order valence-corrected chi connectivity index (χ4v) is 3.85. The number of urea groups is 1. The minimum Gasteiger partial charge on any atom is -0.481 e. The molecule has 1 aliphatic carbocycles. The molecule has 1 aromatic rings. The van der Waals surface area contributed by atoms with Crippen LogP contribution in [-0.4, -0.2) is 53.8 Å². The number of nitrogens with zero attached hydrogens (tertiary/aromatic N) is 1. The first-order valence-electron chi connectivity index (χ1n) is 9.55. The van der Waals surface area contributed by atoms with Gasteiger partial charge < -0.3 is 20.1 Å². The second kappa shape index (κ2) is 9.03.